The second kappa shape index (κ2) is 14.1. The number of rotatable bonds is 5. The van der Waals surface area contributed by atoms with Crippen LogP contribution in [0.1, 0.15) is 26.3 Å². The van der Waals surface area contributed by atoms with Crippen molar-refractivity contribution >= 4 is 125 Å². The normalized spacial score (nSPS) is 12.6. The van der Waals surface area contributed by atoms with E-state index >= 15 is 0 Å². The molecule has 13 aromatic rings. The summed E-state index contributed by atoms with van der Waals surface area (Å²) < 4.78 is 14.7. The van der Waals surface area contributed by atoms with Crippen LogP contribution in [0.5, 0.6) is 0 Å². The van der Waals surface area contributed by atoms with Crippen molar-refractivity contribution in [3.05, 3.63) is 188 Å². The third-order valence-electron chi connectivity index (χ3n) is 13.8. The summed E-state index contributed by atoms with van der Waals surface area (Å²) in [4.78, 5) is 0. The number of aromatic nitrogens is 1. The van der Waals surface area contributed by atoms with Crippen LogP contribution < -0.4 is 16.2 Å². The summed E-state index contributed by atoms with van der Waals surface area (Å²) in [6, 6.07) is 67.0. The van der Waals surface area contributed by atoms with Gasteiger partial charge in [0.25, 0.3) is 0 Å². The van der Waals surface area contributed by atoms with Gasteiger partial charge in [-0.1, -0.05) is 154 Å². The fourth-order valence-electron chi connectivity index (χ4n) is 10.6. The predicted molar refractivity (Wildman–Crippen MR) is 286 cm³/mol. The highest BCUT2D eigenvalue weighted by Crippen LogP contribution is 2.46. The van der Waals surface area contributed by atoms with Crippen molar-refractivity contribution < 1.29 is 4.42 Å². The Hall–Kier alpha value is -7.38. The van der Waals surface area contributed by atoms with Crippen LogP contribution >= 0.6 is 22.7 Å². The minimum atomic E-state index is 0.0670. The molecule has 4 aromatic heterocycles. The first-order valence-electron chi connectivity index (χ1n) is 22.6. The van der Waals surface area contributed by atoms with E-state index in [0.29, 0.717) is 0 Å². The van der Waals surface area contributed by atoms with Gasteiger partial charge in [0.05, 0.1) is 5.52 Å². The Labute approximate surface area is 390 Å². The molecule has 0 spiro atoms. The van der Waals surface area contributed by atoms with E-state index in [4.69, 9.17) is 4.42 Å². The summed E-state index contributed by atoms with van der Waals surface area (Å²) in [5.74, 6) is 1.77. The molecule has 1 aliphatic rings. The third kappa shape index (κ3) is 5.68. The van der Waals surface area contributed by atoms with Gasteiger partial charge in [0, 0.05) is 101 Å². The van der Waals surface area contributed by atoms with E-state index in [1.165, 1.54) is 84.3 Å². The Balaban J connectivity index is 1.07. The van der Waals surface area contributed by atoms with Gasteiger partial charge in [0.15, 0.2) is 7.28 Å². The summed E-state index contributed by atoms with van der Waals surface area (Å²) in [6.07, 6.45) is 0. The third-order valence-corrected chi connectivity index (χ3v) is 16.0. The van der Waals surface area contributed by atoms with Crippen LogP contribution in [0, 0.1) is 0 Å². The van der Waals surface area contributed by atoms with Crippen LogP contribution in [0.3, 0.4) is 0 Å². The van der Waals surface area contributed by atoms with Gasteiger partial charge in [-0.05, 0) is 76.6 Å². The molecule has 9 aromatic carbocycles. The maximum Gasteiger partial charge on any atom is 0.197 e. The number of hydrogen-bond donors (Lipinski definition) is 1. The van der Waals surface area contributed by atoms with Gasteiger partial charge in [0.1, 0.15) is 11.5 Å². The monoisotopic (exact) mass is 879 g/mol. The number of furan rings is 1. The lowest BCUT2D eigenvalue weighted by molar-refractivity contribution is 0.590. The second-order valence-electron chi connectivity index (χ2n) is 18.8. The molecule has 1 aliphatic heterocycles. The summed E-state index contributed by atoms with van der Waals surface area (Å²) in [6.45, 7) is 6.81. The van der Waals surface area contributed by atoms with Gasteiger partial charge in [-0.3, -0.25) is 0 Å². The highest BCUT2D eigenvalue weighted by Gasteiger charge is 2.30. The minimum absolute atomic E-state index is 0.0670. The molecule has 0 saturated carbocycles. The molecule has 0 aliphatic carbocycles. The van der Waals surface area contributed by atoms with E-state index in [9.17, 15) is 0 Å². The zero-order valence-corrected chi connectivity index (χ0v) is 38.2. The topological polar surface area (TPSA) is 30.1 Å². The van der Waals surface area contributed by atoms with Crippen LogP contribution in [0.15, 0.2) is 186 Å². The molecule has 66 heavy (non-hydrogen) atoms. The Morgan fingerprint density at radius 3 is 1.76 bits per heavy atom. The maximum atomic E-state index is 7.00. The van der Waals surface area contributed by atoms with Gasteiger partial charge >= 0.3 is 0 Å². The highest BCUT2D eigenvalue weighted by molar-refractivity contribution is 7.26. The second-order valence-corrected chi connectivity index (χ2v) is 20.9. The predicted octanol–water partition coefficient (Wildman–Crippen LogP) is 16.3. The zero-order valence-electron chi connectivity index (χ0n) is 36.6. The molecule has 0 fully saturated rings. The van der Waals surface area contributed by atoms with Crippen LogP contribution in [0.25, 0.3) is 112 Å². The molecular formula is C60H40BN2OS2. The average molecular weight is 880 g/mol. The molecule has 1 radical (unpaired) electrons. The molecular weight excluding hydrogens is 840 g/mol. The van der Waals surface area contributed by atoms with Crippen LogP contribution in [0.2, 0.25) is 0 Å². The smallest absolute Gasteiger partial charge is 0.197 e. The molecule has 14 rings (SSSR count). The van der Waals surface area contributed by atoms with Gasteiger partial charge in [-0.2, -0.15) is 0 Å². The Morgan fingerprint density at radius 1 is 0.485 bits per heavy atom. The van der Waals surface area contributed by atoms with E-state index in [0.717, 1.165) is 55.9 Å². The Kier molecular flexibility index (Phi) is 8.09. The van der Waals surface area contributed by atoms with Crippen LogP contribution in [0.4, 0.5) is 11.4 Å². The zero-order chi connectivity index (χ0) is 43.8. The number of anilines is 2. The number of benzene rings is 9. The van der Waals surface area contributed by atoms with Gasteiger partial charge in [0.2, 0.25) is 0 Å². The largest absolute Gasteiger partial charge is 0.455 e. The minimum Gasteiger partial charge on any atom is -0.455 e. The molecule has 5 heterocycles. The van der Waals surface area contributed by atoms with E-state index in [-0.39, 0.29) is 5.41 Å². The lowest BCUT2D eigenvalue weighted by Crippen LogP contribution is -2.37. The summed E-state index contributed by atoms with van der Waals surface area (Å²) >= 11 is 3.74. The standard InChI is InChI=1S/C60H40BN2OS2/c1-60(2,3)36-22-24-37(25-23-36)62-49-32-54-44(38-18-10-12-20-52(38)65-54)28-42(49)40-26-27-41-43-29-45-39-19-11-13-21-53(39)66-55(45)33-50(43)63-51-31-47-46(30-48(51)61-56(40)57(41)63)58(34-14-6-4-7-15-34)64-59(47)35-16-8-5-9-17-35/h4-33,62H,1-3H3. The first-order chi connectivity index (χ1) is 32.3. The quantitative estimate of drug-likeness (QED) is 0.175. The molecule has 1 N–H and O–H groups in total. The van der Waals surface area contributed by atoms with E-state index in [1.807, 2.05) is 22.7 Å². The lowest BCUT2D eigenvalue weighted by Gasteiger charge is -2.24. The fraction of sp³-hybridized carbons (Fsp3) is 0.0667. The molecule has 311 valence electrons. The van der Waals surface area contributed by atoms with Crippen LogP contribution in [-0.4, -0.2) is 11.8 Å². The van der Waals surface area contributed by atoms with Crippen molar-refractivity contribution in [2.24, 2.45) is 0 Å². The fourth-order valence-corrected chi connectivity index (χ4v) is 12.8. The van der Waals surface area contributed by atoms with Gasteiger partial charge < -0.3 is 14.3 Å². The van der Waals surface area contributed by atoms with Gasteiger partial charge in [-0.25, -0.2) is 0 Å². The number of nitrogens with zero attached hydrogens (tertiary/aromatic N) is 1. The molecule has 0 atom stereocenters. The number of fused-ring (bicyclic) bond motifs is 12. The molecule has 0 bridgehead atoms. The maximum absolute atomic E-state index is 7.00. The van der Waals surface area contributed by atoms with Crippen molar-refractivity contribution in [1.82, 2.24) is 4.57 Å². The van der Waals surface area contributed by atoms with Crippen molar-refractivity contribution in [3.8, 4) is 39.5 Å². The van der Waals surface area contributed by atoms with Crippen molar-refractivity contribution in [2.75, 3.05) is 5.32 Å². The molecule has 3 nitrogen and oxygen atoms in total. The first kappa shape index (κ1) is 37.9. The summed E-state index contributed by atoms with van der Waals surface area (Å²) in [7, 11) is 2.45. The van der Waals surface area contributed by atoms with Crippen molar-refractivity contribution in [1.29, 1.82) is 0 Å². The number of hydrogen-bond acceptors (Lipinski definition) is 4. The van der Waals surface area contributed by atoms with E-state index in [1.54, 1.807) is 0 Å². The SMILES string of the molecule is CC(C)(C)c1ccc(Nc2cc3sc4ccccc4c3cc2-c2ccc3c4cc5c(cc4n4c3c2[B]c2cc3c(-c6ccccc6)oc(-c6ccccc6)c3cc2-4)sc2ccccc25)cc1. The number of nitrogens with one attached hydrogen (secondary N) is 1. The Morgan fingerprint density at radius 2 is 1.09 bits per heavy atom. The molecule has 0 amide bonds. The first-order valence-corrected chi connectivity index (χ1v) is 24.3. The van der Waals surface area contributed by atoms with E-state index < -0.39 is 0 Å². The van der Waals surface area contributed by atoms with Gasteiger partial charge in [-0.15, -0.1) is 22.7 Å². The van der Waals surface area contributed by atoms with Crippen molar-refractivity contribution in [2.45, 2.75) is 26.2 Å². The number of thiophene rings is 2. The van der Waals surface area contributed by atoms with E-state index in [2.05, 4.69) is 220 Å². The Bertz CT molecular complexity index is 4130. The average Bonchev–Trinajstić information content (AvgIpc) is 4.10. The molecule has 6 heteroatoms. The summed E-state index contributed by atoms with van der Waals surface area (Å²) in [5.41, 5.74) is 14.0. The molecule has 0 unspecified atom stereocenters. The highest BCUT2D eigenvalue weighted by atomic mass is 32.1. The van der Waals surface area contributed by atoms with Crippen LogP contribution in [-0.2, 0) is 5.41 Å². The summed E-state index contributed by atoms with van der Waals surface area (Å²) in [5, 5.41) is 13.8. The molecule has 0 saturated heterocycles. The van der Waals surface area contributed by atoms with Crippen molar-refractivity contribution in [3.63, 3.8) is 0 Å². The lowest BCUT2D eigenvalue weighted by atomic mass is 9.58.